The molecule has 0 saturated heterocycles. The monoisotopic (exact) mass is 360 g/mol. The number of ketones is 1. The average molecular weight is 361 g/mol. The van der Waals surface area contributed by atoms with Crippen LogP contribution in [-0.4, -0.2) is 11.8 Å². The highest BCUT2D eigenvalue weighted by molar-refractivity contribution is 9.10. The molecule has 2 amide bonds. The molecule has 0 bridgehead atoms. The molecule has 0 heterocycles. The van der Waals surface area contributed by atoms with Crippen LogP contribution in [0.4, 0.5) is 16.2 Å². The highest BCUT2D eigenvalue weighted by Crippen LogP contribution is 2.22. The van der Waals surface area contributed by atoms with Crippen molar-refractivity contribution >= 4 is 39.1 Å². The van der Waals surface area contributed by atoms with E-state index in [1.165, 1.54) is 6.92 Å². The second-order valence-corrected chi connectivity index (χ2v) is 5.79. The van der Waals surface area contributed by atoms with Gasteiger partial charge in [-0.1, -0.05) is 35.0 Å². The minimum atomic E-state index is -0.335. The molecule has 0 aliphatic rings. The minimum Gasteiger partial charge on any atom is -0.308 e. The van der Waals surface area contributed by atoms with E-state index in [0.29, 0.717) is 11.3 Å². The van der Waals surface area contributed by atoms with Crippen molar-refractivity contribution in [3.05, 3.63) is 58.1 Å². The van der Waals surface area contributed by atoms with E-state index in [1.807, 2.05) is 25.1 Å². The summed E-state index contributed by atoms with van der Waals surface area (Å²) in [4.78, 5) is 23.5. The Bertz CT molecular complexity index is 714. The lowest BCUT2D eigenvalue weighted by Crippen LogP contribution is -2.20. The van der Waals surface area contributed by atoms with E-state index in [4.69, 9.17) is 0 Å². The Hall–Kier alpha value is -2.14. The van der Waals surface area contributed by atoms with E-state index in [2.05, 4.69) is 26.6 Å². The zero-order chi connectivity index (χ0) is 16.1. The lowest BCUT2D eigenvalue weighted by atomic mass is 10.1. The number of benzene rings is 2. The zero-order valence-electron chi connectivity index (χ0n) is 12.4. The van der Waals surface area contributed by atoms with Crippen LogP contribution in [-0.2, 0) is 6.42 Å². The summed E-state index contributed by atoms with van der Waals surface area (Å²) in [6, 6.07) is 12.2. The van der Waals surface area contributed by atoms with E-state index in [1.54, 1.807) is 24.3 Å². The smallest absolute Gasteiger partial charge is 0.308 e. The summed E-state index contributed by atoms with van der Waals surface area (Å²) in [7, 11) is 0. The molecule has 2 aromatic carbocycles. The quantitative estimate of drug-likeness (QED) is 0.765. The lowest BCUT2D eigenvalue weighted by Gasteiger charge is -2.12. The number of aryl methyl sites for hydroxylation is 1. The van der Waals surface area contributed by atoms with Crippen LogP contribution >= 0.6 is 15.9 Å². The van der Waals surface area contributed by atoms with Crippen molar-refractivity contribution < 1.29 is 9.59 Å². The number of Topliss-reactive ketones (excluding diaryl/α,β-unsaturated/α-hetero) is 1. The minimum absolute atomic E-state index is 0.0368. The molecule has 2 N–H and O–H groups in total. The van der Waals surface area contributed by atoms with Crippen LogP contribution in [0, 0.1) is 0 Å². The molecule has 114 valence electrons. The van der Waals surface area contributed by atoms with Crippen LogP contribution in [0.15, 0.2) is 46.9 Å². The number of urea groups is 1. The van der Waals surface area contributed by atoms with Crippen molar-refractivity contribution in [3.8, 4) is 0 Å². The van der Waals surface area contributed by atoms with Gasteiger partial charge in [0.2, 0.25) is 0 Å². The number of rotatable bonds is 4. The van der Waals surface area contributed by atoms with Crippen molar-refractivity contribution in [1.29, 1.82) is 0 Å². The normalized spacial score (nSPS) is 10.1. The van der Waals surface area contributed by atoms with Gasteiger partial charge < -0.3 is 10.6 Å². The second-order valence-electron chi connectivity index (χ2n) is 4.87. The van der Waals surface area contributed by atoms with Crippen molar-refractivity contribution in [2.45, 2.75) is 20.3 Å². The van der Waals surface area contributed by atoms with E-state index in [-0.39, 0.29) is 11.8 Å². The van der Waals surface area contributed by atoms with Gasteiger partial charge in [0, 0.05) is 21.4 Å². The summed E-state index contributed by atoms with van der Waals surface area (Å²) >= 11 is 3.42. The maximum atomic E-state index is 12.1. The molecule has 0 unspecified atom stereocenters. The van der Waals surface area contributed by atoms with Crippen LogP contribution in [0.2, 0.25) is 0 Å². The van der Waals surface area contributed by atoms with Gasteiger partial charge >= 0.3 is 6.03 Å². The molecule has 0 saturated carbocycles. The molecule has 22 heavy (non-hydrogen) atoms. The molecule has 5 heteroatoms. The van der Waals surface area contributed by atoms with Crippen molar-refractivity contribution in [2.24, 2.45) is 0 Å². The zero-order valence-corrected chi connectivity index (χ0v) is 14.0. The number of carbonyl (C=O) groups is 2. The number of amides is 2. The predicted octanol–water partition coefficient (Wildman–Crippen LogP) is 4.86. The third-order valence-corrected chi connectivity index (χ3v) is 3.72. The van der Waals surface area contributed by atoms with E-state index < -0.39 is 0 Å². The topological polar surface area (TPSA) is 58.2 Å². The van der Waals surface area contributed by atoms with Gasteiger partial charge in [-0.3, -0.25) is 4.79 Å². The number of nitrogens with one attached hydrogen (secondary N) is 2. The first-order chi connectivity index (χ1) is 10.5. The standard InChI is InChI=1S/C17H17BrN2O2/c1-3-12-9-14(18)7-8-16(12)20-17(22)19-15-6-4-5-13(10-15)11(2)21/h4-10H,3H2,1-2H3,(H2,19,20,22). The van der Waals surface area contributed by atoms with E-state index in [0.717, 1.165) is 22.1 Å². The molecule has 0 aliphatic carbocycles. The SMILES string of the molecule is CCc1cc(Br)ccc1NC(=O)Nc1cccc(C(C)=O)c1. The molecule has 0 aromatic heterocycles. The summed E-state index contributed by atoms with van der Waals surface area (Å²) in [5, 5.41) is 5.57. The average Bonchev–Trinajstić information content (AvgIpc) is 2.49. The molecule has 0 atom stereocenters. The van der Waals surface area contributed by atoms with Crippen LogP contribution in [0.5, 0.6) is 0 Å². The third kappa shape index (κ3) is 4.18. The molecular formula is C17H17BrN2O2. The van der Waals surface area contributed by atoms with Gasteiger partial charge in [0.15, 0.2) is 5.78 Å². The third-order valence-electron chi connectivity index (χ3n) is 3.22. The number of anilines is 2. The highest BCUT2D eigenvalue weighted by Gasteiger charge is 2.08. The maximum Gasteiger partial charge on any atom is 0.323 e. The molecule has 0 spiro atoms. The van der Waals surface area contributed by atoms with Gasteiger partial charge in [0.1, 0.15) is 0 Å². The Labute approximate surface area is 138 Å². The first-order valence-corrected chi connectivity index (χ1v) is 7.76. The Kier molecular flexibility index (Phi) is 5.33. The summed E-state index contributed by atoms with van der Waals surface area (Å²) in [5.41, 5.74) is 2.96. The van der Waals surface area contributed by atoms with Gasteiger partial charge in [-0.25, -0.2) is 4.79 Å². The van der Waals surface area contributed by atoms with Gasteiger partial charge in [0.05, 0.1) is 0 Å². The lowest BCUT2D eigenvalue weighted by molar-refractivity contribution is 0.101. The number of carbonyl (C=O) groups excluding carboxylic acids is 2. The molecule has 0 aliphatic heterocycles. The first kappa shape index (κ1) is 16.2. The number of hydrogen-bond donors (Lipinski definition) is 2. The fraction of sp³-hybridized carbons (Fsp3) is 0.176. The fourth-order valence-corrected chi connectivity index (χ4v) is 2.49. The van der Waals surface area contributed by atoms with Crippen LogP contribution < -0.4 is 10.6 Å². The molecular weight excluding hydrogens is 344 g/mol. The van der Waals surface area contributed by atoms with Crippen molar-refractivity contribution in [1.82, 2.24) is 0 Å². The van der Waals surface area contributed by atoms with E-state index >= 15 is 0 Å². The number of halogens is 1. The molecule has 2 aromatic rings. The van der Waals surface area contributed by atoms with Crippen LogP contribution in [0.3, 0.4) is 0 Å². The van der Waals surface area contributed by atoms with Crippen molar-refractivity contribution in [3.63, 3.8) is 0 Å². The fourth-order valence-electron chi connectivity index (χ4n) is 2.08. The second kappa shape index (κ2) is 7.22. The van der Waals surface area contributed by atoms with Crippen LogP contribution in [0.25, 0.3) is 0 Å². The van der Waals surface area contributed by atoms with Gasteiger partial charge in [-0.15, -0.1) is 0 Å². The molecule has 4 nitrogen and oxygen atoms in total. The Morgan fingerprint density at radius 3 is 2.55 bits per heavy atom. The molecule has 0 fully saturated rings. The van der Waals surface area contributed by atoms with Crippen LogP contribution in [0.1, 0.15) is 29.8 Å². The summed E-state index contributed by atoms with van der Waals surface area (Å²) in [6.45, 7) is 3.52. The molecule has 2 rings (SSSR count). The summed E-state index contributed by atoms with van der Waals surface area (Å²) in [6.07, 6.45) is 0.814. The molecule has 0 radical (unpaired) electrons. The largest absolute Gasteiger partial charge is 0.323 e. The first-order valence-electron chi connectivity index (χ1n) is 6.97. The Balaban J connectivity index is 2.10. The Morgan fingerprint density at radius 2 is 1.86 bits per heavy atom. The van der Waals surface area contributed by atoms with Crippen molar-refractivity contribution in [2.75, 3.05) is 10.6 Å². The summed E-state index contributed by atoms with van der Waals surface area (Å²) < 4.78 is 0.976. The maximum absolute atomic E-state index is 12.1. The van der Waals surface area contributed by atoms with Gasteiger partial charge in [0.25, 0.3) is 0 Å². The predicted molar refractivity (Wildman–Crippen MR) is 92.6 cm³/mol. The van der Waals surface area contributed by atoms with Gasteiger partial charge in [-0.2, -0.15) is 0 Å². The number of hydrogen-bond acceptors (Lipinski definition) is 2. The Morgan fingerprint density at radius 1 is 1.09 bits per heavy atom. The highest BCUT2D eigenvalue weighted by atomic mass is 79.9. The summed E-state index contributed by atoms with van der Waals surface area (Å²) in [5.74, 6) is -0.0368. The van der Waals surface area contributed by atoms with Gasteiger partial charge in [-0.05, 0) is 49.2 Å². The van der Waals surface area contributed by atoms with E-state index in [9.17, 15) is 9.59 Å².